The lowest BCUT2D eigenvalue weighted by molar-refractivity contribution is 0.0368. The summed E-state index contributed by atoms with van der Waals surface area (Å²) in [4.78, 5) is 30.5. The van der Waals surface area contributed by atoms with Crippen molar-refractivity contribution in [1.82, 2.24) is 24.5 Å². The van der Waals surface area contributed by atoms with E-state index < -0.39 is 11.8 Å². The number of nitrogens with one attached hydrogen (secondary N) is 3. The minimum absolute atomic E-state index is 0.148. The Kier molecular flexibility index (Phi) is 5.51. The van der Waals surface area contributed by atoms with E-state index in [1.54, 1.807) is 42.9 Å². The molecule has 4 N–H and O–H groups in total. The largest absolute Gasteiger partial charge is 0.388 e. The van der Waals surface area contributed by atoms with Gasteiger partial charge in [0.2, 0.25) is 0 Å². The molecule has 0 saturated heterocycles. The zero-order valence-corrected chi connectivity index (χ0v) is 19.1. The number of hydrogen-bond acceptors (Lipinski definition) is 7. The molecule has 0 unspecified atom stereocenters. The number of carbonyl (C=O) groups is 1. The maximum atomic E-state index is 13.3. The Hall–Kier alpha value is -3.47. The van der Waals surface area contributed by atoms with Gasteiger partial charge < -0.3 is 25.6 Å². The van der Waals surface area contributed by atoms with Crippen LogP contribution in [0.25, 0.3) is 5.65 Å². The summed E-state index contributed by atoms with van der Waals surface area (Å²) in [5.41, 5.74) is -0.347. The van der Waals surface area contributed by atoms with Crippen LogP contribution in [0.1, 0.15) is 55.4 Å². The Morgan fingerprint density at radius 1 is 1.35 bits per heavy atom. The van der Waals surface area contributed by atoms with Gasteiger partial charge in [0.25, 0.3) is 11.5 Å². The molecule has 2 atom stereocenters. The number of nitrogens with zero attached hydrogens (tertiary/aromatic N) is 4. The normalized spacial score (nSPS) is 26.3. The lowest BCUT2D eigenvalue weighted by Gasteiger charge is -2.31. The third-order valence-corrected chi connectivity index (χ3v) is 6.89. The van der Waals surface area contributed by atoms with Crippen LogP contribution in [0.4, 0.5) is 21.7 Å². The topological polar surface area (TPSA) is 126 Å². The molecule has 0 aromatic carbocycles. The molecule has 2 aliphatic rings. The predicted molar refractivity (Wildman–Crippen MR) is 125 cm³/mol. The second-order valence-electron chi connectivity index (χ2n) is 9.33. The average Bonchev–Trinajstić information content (AvgIpc) is 3.35. The summed E-state index contributed by atoms with van der Waals surface area (Å²) in [6.45, 7) is 1.73. The van der Waals surface area contributed by atoms with Gasteiger partial charge >= 0.3 is 0 Å². The van der Waals surface area contributed by atoms with Crippen LogP contribution in [-0.2, 0) is 0 Å². The van der Waals surface area contributed by atoms with Gasteiger partial charge in [0, 0.05) is 25.4 Å². The second kappa shape index (κ2) is 8.39. The first-order valence-electron chi connectivity index (χ1n) is 11.5. The van der Waals surface area contributed by atoms with Crippen LogP contribution in [0, 0.1) is 0 Å². The van der Waals surface area contributed by atoms with Gasteiger partial charge in [0.1, 0.15) is 29.1 Å². The van der Waals surface area contributed by atoms with E-state index in [9.17, 15) is 19.1 Å². The van der Waals surface area contributed by atoms with Crippen LogP contribution >= 0.6 is 0 Å². The maximum Gasteiger partial charge on any atom is 0.274 e. The molecular formula is C23H28FN7O3. The molecule has 2 aliphatic carbocycles. The number of rotatable bonds is 6. The molecule has 2 saturated carbocycles. The second-order valence-corrected chi connectivity index (χ2v) is 9.33. The smallest absolute Gasteiger partial charge is 0.274 e. The number of amides is 1. The third-order valence-electron chi connectivity index (χ3n) is 6.89. The molecule has 10 nitrogen and oxygen atoms in total. The van der Waals surface area contributed by atoms with Crippen molar-refractivity contribution < 1.29 is 14.3 Å². The summed E-state index contributed by atoms with van der Waals surface area (Å²) < 4.78 is 16.4. The molecule has 0 bridgehead atoms. The van der Waals surface area contributed by atoms with Crippen LogP contribution in [0.15, 0.2) is 35.4 Å². The first kappa shape index (κ1) is 22.3. The number of alkyl halides is 1. The molecule has 180 valence electrons. The summed E-state index contributed by atoms with van der Waals surface area (Å²) in [7, 11) is 1.72. The third kappa shape index (κ3) is 3.89. The summed E-state index contributed by atoms with van der Waals surface area (Å²) in [6, 6.07) is 4.56. The van der Waals surface area contributed by atoms with E-state index in [4.69, 9.17) is 0 Å². The summed E-state index contributed by atoms with van der Waals surface area (Å²) in [5, 5.41) is 23.8. The average molecular weight is 470 g/mol. The van der Waals surface area contributed by atoms with Gasteiger partial charge in [-0.25, -0.2) is 9.37 Å². The molecule has 0 spiro atoms. The number of pyridine rings is 1. The predicted octanol–water partition coefficient (Wildman–Crippen LogP) is 2.38. The molecule has 1 amide bonds. The molecule has 3 heterocycles. The molecule has 11 heteroatoms. The van der Waals surface area contributed by atoms with Gasteiger partial charge in [-0.3, -0.25) is 9.59 Å². The fourth-order valence-electron chi connectivity index (χ4n) is 4.76. The Balaban J connectivity index is 1.46. The first-order chi connectivity index (χ1) is 16.3. The fourth-order valence-corrected chi connectivity index (χ4v) is 4.76. The van der Waals surface area contributed by atoms with Crippen molar-refractivity contribution in [3.8, 4) is 0 Å². The van der Waals surface area contributed by atoms with E-state index >= 15 is 0 Å². The van der Waals surface area contributed by atoms with E-state index in [1.807, 2.05) is 0 Å². The van der Waals surface area contributed by atoms with Crippen LogP contribution in [0.3, 0.4) is 0 Å². The van der Waals surface area contributed by atoms with E-state index in [1.165, 1.54) is 10.7 Å². The standard InChI is InChI=1S/C23H28FN7O3/c1-23(34)7-3-6-17(23)28-21(32)15-12-26-31-19(25-2)11-18(29-20(15)31)27-16-5-4-8-30(22(16)33)14-9-13(24)10-14/h4-5,8,11-14,17,25,34H,3,6-7,9-10H2,1-2H3,(H,27,29)(H,28,32)/t13?,14?,17-,23-/m1/s1. The molecular weight excluding hydrogens is 441 g/mol. The molecule has 3 aromatic heterocycles. The van der Waals surface area contributed by atoms with Crippen molar-refractivity contribution in [1.29, 1.82) is 0 Å². The number of halogens is 1. The van der Waals surface area contributed by atoms with Gasteiger partial charge in [-0.1, -0.05) is 0 Å². The molecule has 34 heavy (non-hydrogen) atoms. The van der Waals surface area contributed by atoms with Gasteiger partial charge in [-0.2, -0.15) is 9.61 Å². The number of aliphatic hydroxyl groups is 1. The van der Waals surface area contributed by atoms with Gasteiger partial charge in [0.05, 0.1) is 17.8 Å². The highest BCUT2D eigenvalue weighted by molar-refractivity contribution is 6.00. The lowest BCUT2D eigenvalue weighted by atomic mass is 9.90. The van der Waals surface area contributed by atoms with Gasteiger partial charge in [0.15, 0.2) is 5.65 Å². The Bertz CT molecular complexity index is 1300. The number of carbonyl (C=O) groups excluding carboxylic acids is 1. The van der Waals surface area contributed by atoms with E-state index in [0.29, 0.717) is 48.7 Å². The van der Waals surface area contributed by atoms with Crippen molar-refractivity contribution in [2.45, 2.75) is 62.9 Å². The Morgan fingerprint density at radius 2 is 2.15 bits per heavy atom. The SMILES string of the molecule is CNc1cc(Nc2cccn(C3CC(F)C3)c2=O)nc2c(C(=O)N[C@@H]3CCC[C@@]3(C)O)cnn12. The van der Waals surface area contributed by atoms with E-state index in [-0.39, 0.29) is 29.1 Å². The van der Waals surface area contributed by atoms with E-state index in [2.05, 4.69) is 26.0 Å². The zero-order valence-electron chi connectivity index (χ0n) is 19.1. The van der Waals surface area contributed by atoms with Crippen LogP contribution in [0.2, 0.25) is 0 Å². The Labute approximate surface area is 195 Å². The van der Waals surface area contributed by atoms with Crippen molar-refractivity contribution >= 4 is 28.9 Å². The highest BCUT2D eigenvalue weighted by Gasteiger charge is 2.38. The van der Waals surface area contributed by atoms with E-state index in [0.717, 1.165) is 6.42 Å². The van der Waals surface area contributed by atoms with Crippen molar-refractivity contribution in [2.24, 2.45) is 0 Å². The number of anilines is 3. The summed E-state index contributed by atoms with van der Waals surface area (Å²) in [6.07, 6.45) is 5.07. The van der Waals surface area contributed by atoms with Crippen LogP contribution in [-0.4, -0.2) is 55.0 Å². The van der Waals surface area contributed by atoms with Crippen LogP contribution < -0.4 is 21.5 Å². The fraction of sp³-hybridized carbons (Fsp3) is 0.478. The van der Waals surface area contributed by atoms with Crippen molar-refractivity contribution in [3.05, 3.63) is 46.5 Å². The molecule has 3 aromatic rings. The molecule has 0 aliphatic heterocycles. The minimum atomic E-state index is -0.954. The zero-order chi connectivity index (χ0) is 24.0. The molecule has 0 radical (unpaired) electrons. The number of aromatic nitrogens is 4. The quantitative estimate of drug-likeness (QED) is 0.437. The minimum Gasteiger partial charge on any atom is -0.388 e. The number of hydrogen-bond donors (Lipinski definition) is 4. The molecule has 2 fully saturated rings. The number of fused-ring (bicyclic) bond motifs is 1. The maximum absolute atomic E-state index is 13.3. The van der Waals surface area contributed by atoms with Crippen molar-refractivity contribution in [2.75, 3.05) is 17.7 Å². The van der Waals surface area contributed by atoms with Crippen molar-refractivity contribution in [3.63, 3.8) is 0 Å². The monoisotopic (exact) mass is 469 g/mol. The highest BCUT2D eigenvalue weighted by Crippen LogP contribution is 2.34. The Morgan fingerprint density at radius 3 is 2.82 bits per heavy atom. The van der Waals surface area contributed by atoms with Gasteiger partial charge in [-0.05, 0) is 51.2 Å². The molecule has 5 rings (SSSR count). The summed E-state index contributed by atoms with van der Waals surface area (Å²) >= 11 is 0. The highest BCUT2D eigenvalue weighted by atomic mass is 19.1. The van der Waals surface area contributed by atoms with Crippen LogP contribution in [0.5, 0.6) is 0 Å². The lowest BCUT2D eigenvalue weighted by Crippen LogP contribution is -2.47. The summed E-state index contributed by atoms with van der Waals surface area (Å²) in [5.74, 6) is 0.544. The first-order valence-corrected chi connectivity index (χ1v) is 11.5. The van der Waals surface area contributed by atoms with Gasteiger partial charge in [-0.15, -0.1) is 0 Å².